The van der Waals surface area contributed by atoms with Crippen molar-refractivity contribution in [1.82, 2.24) is 0 Å². The molecule has 0 unspecified atom stereocenters. The lowest BCUT2D eigenvalue weighted by Gasteiger charge is -2.18. The van der Waals surface area contributed by atoms with E-state index in [2.05, 4.69) is 0 Å². The smallest absolute Gasteiger partial charge is 0.258 e. The third-order valence-corrected chi connectivity index (χ3v) is 3.15. The highest BCUT2D eigenvalue weighted by Crippen LogP contribution is 2.19. The maximum absolute atomic E-state index is 13.7. The van der Waals surface area contributed by atoms with Crippen molar-refractivity contribution < 1.29 is 9.18 Å². The van der Waals surface area contributed by atoms with Crippen molar-refractivity contribution in [1.29, 1.82) is 0 Å². The number of nitrogens with two attached hydrogens (primary N) is 1. The molecule has 104 valence electrons. The van der Waals surface area contributed by atoms with Gasteiger partial charge in [0.15, 0.2) is 0 Å². The van der Waals surface area contributed by atoms with E-state index in [1.807, 2.05) is 12.1 Å². The van der Waals surface area contributed by atoms with E-state index in [4.69, 9.17) is 5.73 Å². The van der Waals surface area contributed by atoms with Gasteiger partial charge in [0.2, 0.25) is 0 Å². The summed E-state index contributed by atoms with van der Waals surface area (Å²) in [7, 11) is 1.56. The molecule has 2 N–H and O–H groups in total. The molecule has 0 aliphatic carbocycles. The summed E-state index contributed by atoms with van der Waals surface area (Å²) in [5.74, 6) is -0.655. The SMILES string of the molecule is CN(C(=O)c1ccc(CCN)cc1)c1ccccc1F. The molecule has 1 amide bonds. The Bertz CT molecular complexity index is 596. The van der Waals surface area contributed by atoms with Crippen molar-refractivity contribution >= 4 is 11.6 Å². The molecule has 2 rings (SSSR count). The quantitative estimate of drug-likeness (QED) is 0.930. The van der Waals surface area contributed by atoms with E-state index >= 15 is 0 Å². The summed E-state index contributed by atoms with van der Waals surface area (Å²) in [6.07, 6.45) is 0.775. The maximum atomic E-state index is 13.7. The van der Waals surface area contributed by atoms with E-state index in [0.717, 1.165) is 12.0 Å². The molecule has 0 aliphatic rings. The van der Waals surface area contributed by atoms with Crippen LogP contribution < -0.4 is 10.6 Å². The molecule has 0 aliphatic heterocycles. The van der Waals surface area contributed by atoms with E-state index in [1.54, 1.807) is 37.4 Å². The number of para-hydroxylation sites is 1. The number of nitrogens with zero attached hydrogens (tertiary/aromatic N) is 1. The van der Waals surface area contributed by atoms with Gasteiger partial charge in [0, 0.05) is 12.6 Å². The van der Waals surface area contributed by atoms with Gasteiger partial charge in [-0.1, -0.05) is 24.3 Å². The first-order valence-corrected chi connectivity index (χ1v) is 6.45. The molecule has 2 aromatic carbocycles. The van der Waals surface area contributed by atoms with Crippen LogP contribution in [-0.4, -0.2) is 19.5 Å². The van der Waals surface area contributed by atoms with Crippen LogP contribution in [-0.2, 0) is 6.42 Å². The van der Waals surface area contributed by atoms with Gasteiger partial charge in [0.25, 0.3) is 5.91 Å². The second kappa shape index (κ2) is 6.30. The molecule has 0 saturated heterocycles. The Morgan fingerprint density at radius 2 is 1.80 bits per heavy atom. The van der Waals surface area contributed by atoms with Gasteiger partial charge in [-0.25, -0.2) is 4.39 Å². The number of benzene rings is 2. The number of hydrogen-bond acceptors (Lipinski definition) is 2. The summed E-state index contributed by atoms with van der Waals surface area (Å²) >= 11 is 0. The monoisotopic (exact) mass is 272 g/mol. The topological polar surface area (TPSA) is 46.3 Å². The normalized spacial score (nSPS) is 10.3. The average Bonchev–Trinajstić information content (AvgIpc) is 2.47. The lowest BCUT2D eigenvalue weighted by atomic mass is 10.1. The maximum Gasteiger partial charge on any atom is 0.258 e. The van der Waals surface area contributed by atoms with Crippen molar-refractivity contribution in [2.24, 2.45) is 5.73 Å². The fourth-order valence-electron chi connectivity index (χ4n) is 2.01. The molecule has 0 heterocycles. The number of rotatable bonds is 4. The van der Waals surface area contributed by atoms with Crippen molar-refractivity contribution in [3.63, 3.8) is 0 Å². The van der Waals surface area contributed by atoms with Gasteiger partial charge in [-0.05, 0) is 42.8 Å². The van der Waals surface area contributed by atoms with Gasteiger partial charge in [-0.3, -0.25) is 4.79 Å². The van der Waals surface area contributed by atoms with Crippen LogP contribution in [0.25, 0.3) is 0 Å². The molecule has 2 aromatic rings. The standard InChI is InChI=1S/C16H17FN2O/c1-19(15-5-3-2-4-14(15)17)16(20)13-8-6-12(7-9-13)10-11-18/h2-9H,10-11,18H2,1H3. The minimum atomic E-state index is -0.414. The van der Waals surface area contributed by atoms with E-state index in [0.29, 0.717) is 12.1 Å². The molecule has 0 saturated carbocycles. The zero-order chi connectivity index (χ0) is 14.5. The Morgan fingerprint density at radius 3 is 2.40 bits per heavy atom. The summed E-state index contributed by atoms with van der Waals surface area (Å²) in [6, 6.07) is 13.4. The van der Waals surface area contributed by atoms with Crippen LogP contribution in [0.3, 0.4) is 0 Å². The van der Waals surface area contributed by atoms with Gasteiger partial charge in [0.05, 0.1) is 5.69 Å². The van der Waals surface area contributed by atoms with E-state index in [-0.39, 0.29) is 11.6 Å². The zero-order valence-electron chi connectivity index (χ0n) is 11.3. The lowest BCUT2D eigenvalue weighted by Crippen LogP contribution is -2.27. The van der Waals surface area contributed by atoms with Gasteiger partial charge in [-0.2, -0.15) is 0 Å². The van der Waals surface area contributed by atoms with Crippen molar-refractivity contribution in [3.05, 3.63) is 65.5 Å². The first-order valence-electron chi connectivity index (χ1n) is 6.45. The number of halogens is 1. The van der Waals surface area contributed by atoms with Gasteiger partial charge < -0.3 is 10.6 Å². The molecule has 0 bridgehead atoms. The predicted octanol–water partition coefficient (Wildman–Crippen LogP) is 2.60. The molecule has 3 nitrogen and oxygen atoms in total. The fraction of sp³-hybridized carbons (Fsp3) is 0.188. The van der Waals surface area contributed by atoms with Crippen LogP contribution in [0.5, 0.6) is 0 Å². The number of carbonyl (C=O) groups is 1. The molecule has 20 heavy (non-hydrogen) atoms. The van der Waals surface area contributed by atoms with Crippen molar-refractivity contribution in [2.45, 2.75) is 6.42 Å². The summed E-state index contributed by atoms with van der Waals surface area (Å²) < 4.78 is 13.7. The Balaban J connectivity index is 2.20. The van der Waals surface area contributed by atoms with Crippen LogP contribution in [0.2, 0.25) is 0 Å². The summed E-state index contributed by atoms with van der Waals surface area (Å²) in [5, 5.41) is 0. The Morgan fingerprint density at radius 1 is 1.15 bits per heavy atom. The lowest BCUT2D eigenvalue weighted by molar-refractivity contribution is 0.0992. The highest BCUT2D eigenvalue weighted by molar-refractivity contribution is 6.05. The second-order valence-electron chi connectivity index (χ2n) is 4.55. The highest BCUT2D eigenvalue weighted by Gasteiger charge is 2.16. The highest BCUT2D eigenvalue weighted by atomic mass is 19.1. The first-order chi connectivity index (χ1) is 9.63. The summed E-state index contributed by atoms with van der Waals surface area (Å²) in [4.78, 5) is 13.6. The van der Waals surface area contributed by atoms with Crippen molar-refractivity contribution in [2.75, 3.05) is 18.5 Å². The molecule has 0 radical (unpaired) electrons. The molecule has 0 atom stereocenters. The first kappa shape index (κ1) is 14.2. The average molecular weight is 272 g/mol. The Labute approximate surface area is 117 Å². The third kappa shape index (κ3) is 3.03. The van der Waals surface area contributed by atoms with Crippen LogP contribution in [0.4, 0.5) is 10.1 Å². The second-order valence-corrected chi connectivity index (χ2v) is 4.55. The summed E-state index contributed by atoms with van der Waals surface area (Å²) in [6.45, 7) is 0.572. The number of amides is 1. The van der Waals surface area contributed by atoms with Crippen LogP contribution >= 0.6 is 0 Å². The zero-order valence-corrected chi connectivity index (χ0v) is 11.3. The van der Waals surface area contributed by atoms with Crippen LogP contribution in [0, 0.1) is 5.82 Å². The van der Waals surface area contributed by atoms with E-state index < -0.39 is 5.82 Å². The largest absolute Gasteiger partial charge is 0.330 e. The number of carbonyl (C=O) groups excluding carboxylic acids is 1. The fourth-order valence-corrected chi connectivity index (χ4v) is 2.01. The third-order valence-electron chi connectivity index (χ3n) is 3.15. The molecule has 0 spiro atoms. The predicted molar refractivity (Wildman–Crippen MR) is 78.3 cm³/mol. The van der Waals surface area contributed by atoms with Gasteiger partial charge in [0.1, 0.15) is 5.82 Å². The van der Waals surface area contributed by atoms with E-state index in [9.17, 15) is 9.18 Å². The summed E-state index contributed by atoms with van der Waals surface area (Å²) in [5.41, 5.74) is 7.36. The Hall–Kier alpha value is -2.20. The van der Waals surface area contributed by atoms with Crippen molar-refractivity contribution in [3.8, 4) is 0 Å². The van der Waals surface area contributed by atoms with Crippen LogP contribution in [0.1, 0.15) is 15.9 Å². The minimum absolute atomic E-state index is 0.241. The minimum Gasteiger partial charge on any atom is -0.330 e. The van der Waals surface area contributed by atoms with Crippen LogP contribution in [0.15, 0.2) is 48.5 Å². The number of anilines is 1. The molecule has 0 fully saturated rings. The molecular formula is C16H17FN2O. The molecular weight excluding hydrogens is 255 g/mol. The van der Waals surface area contributed by atoms with Gasteiger partial charge in [-0.15, -0.1) is 0 Å². The van der Waals surface area contributed by atoms with E-state index in [1.165, 1.54) is 11.0 Å². The Kier molecular flexibility index (Phi) is 4.48. The van der Waals surface area contributed by atoms with Gasteiger partial charge >= 0.3 is 0 Å². The molecule has 0 aromatic heterocycles. The number of hydrogen-bond donors (Lipinski definition) is 1. The molecule has 4 heteroatoms.